The van der Waals surface area contributed by atoms with Gasteiger partial charge in [-0.3, -0.25) is 4.79 Å². The number of ether oxygens (including phenoxy) is 1. The second kappa shape index (κ2) is 6.57. The molecule has 2 aromatic heterocycles. The highest BCUT2D eigenvalue weighted by atomic mass is 16.5. The van der Waals surface area contributed by atoms with Crippen molar-refractivity contribution in [2.45, 2.75) is 6.61 Å². The average molecular weight is 301 g/mol. The van der Waals surface area contributed by atoms with Gasteiger partial charge in [-0.2, -0.15) is 0 Å². The zero-order valence-electron chi connectivity index (χ0n) is 12.5. The highest BCUT2D eigenvalue weighted by Crippen LogP contribution is 2.18. The van der Waals surface area contributed by atoms with Crippen LogP contribution in [0.4, 0.5) is 11.5 Å². The van der Waals surface area contributed by atoms with Gasteiger partial charge in [0.2, 0.25) is 5.56 Å². The summed E-state index contributed by atoms with van der Waals surface area (Å²) < 4.78 is 5.11. The van der Waals surface area contributed by atoms with Gasteiger partial charge in [-0.15, -0.1) is 0 Å². The van der Waals surface area contributed by atoms with Crippen LogP contribution in [0.1, 0.15) is 5.69 Å². The SMILES string of the molecule is COCc1cc(N2CCN(c3ccc(=O)[nH]c3)CC2)ncn1. The van der Waals surface area contributed by atoms with Gasteiger partial charge in [0.05, 0.1) is 18.0 Å². The summed E-state index contributed by atoms with van der Waals surface area (Å²) in [6, 6.07) is 5.39. The van der Waals surface area contributed by atoms with E-state index in [1.807, 2.05) is 12.1 Å². The molecule has 0 spiro atoms. The van der Waals surface area contributed by atoms with Crippen LogP contribution in [0.3, 0.4) is 0 Å². The van der Waals surface area contributed by atoms with Crippen LogP contribution in [-0.4, -0.2) is 48.2 Å². The molecule has 0 atom stereocenters. The first-order valence-corrected chi connectivity index (χ1v) is 7.25. The molecule has 0 unspecified atom stereocenters. The molecule has 7 nitrogen and oxygen atoms in total. The molecular weight excluding hydrogens is 282 g/mol. The standard InChI is InChI=1S/C15H19N5O2/c1-22-10-12-8-14(18-11-17-12)20-6-4-19(5-7-20)13-2-3-15(21)16-9-13/h2-3,8-9,11H,4-7,10H2,1H3,(H,16,21). The van der Waals surface area contributed by atoms with Crippen LogP contribution < -0.4 is 15.4 Å². The molecule has 7 heteroatoms. The van der Waals surface area contributed by atoms with Crippen LogP contribution in [-0.2, 0) is 11.3 Å². The monoisotopic (exact) mass is 301 g/mol. The number of methoxy groups -OCH3 is 1. The number of aromatic amines is 1. The lowest BCUT2D eigenvalue weighted by atomic mass is 10.2. The Kier molecular flexibility index (Phi) is 4.34. The lowest BCUT2D eigenvalue weighted by Crippen LogP contribution is -2.47. The molecule has 0 bridgehead atoms. The molecule has 1 N–H and O–H groups in total. The molecule has 22 heavy (non-hydrogen) atoms. The van der Waals surface area contributed by atoms with Crippen molar-refractivity contribution in [3.05, 3.63) is 46.8 Å². The van der Waals surface area contributed by atoms with Crippen molar-refractivity contribution in [1.29, 1.82) is 0 Å². The Bertz CT molecular complexity index is 659. The van der Waals surface area contributed by atoms with Crippen molar-refractivity contribution < 1.29 is 4.74 Å². The predicted octanol–water partition coefficient (Wildman–Crippen LogP) is 0.638. The van der Waals surface area contributed by atoms with Gasteiger partial charge in [-0.05, 0) is 6.07 Å². The molecule has 0 aromatic carbocycles. The molecule has 3 heterocycles. The van der Waals surface area contributed by atoms with E-state index in [4.69, 9.17) is 4.74 Å². The van der Waals surface area contributed by atoms with Gasteiger partial charge >= 0.3 is 0 Å². The quantitative estimate of drug-likeness (QED) is 0.893. The Balaban J connectivity index is 1.65. The predicted molar refractivity (Wildman–Crippen MR) is 84.2 cm³/mol. The first-order chi connectivity index (χ1) is 10.8. The normalized spacial score (nSPS) is 15.1. The van der Waals surface area contributed by atoms with Crippen molar-refractivity contribution in [3.63, 3.8) is 0 Å². The van der Waals surface area contributed by atoms with Gasteiger partial charge in [0.1, 0.15) is 12.1 Å². The van der Waals surface area contributed by atoms with Crippen LogP contribution in [0.2, 0.25) is 0 Å². The minimum absolute atomic E-state index is 0.0750. The van der Waals surface area contributed by atoms with E-state index < -0.39 is 0 Å². The van der Waals surface area contributed by atoms with Gasteiger partial charge in [0.25, 0.3) is 0 Å². The van der Waals surface area contributed by atoms with E-state index in [1.165, 1.54) is 0 Å². The van der Waals surface area contributed by atoms with Crippen LogP contribution in [0.25, 0.3) is 0 Å². The Labute approximate surface area is 128 Å². The van der Waals surface area contributed by atoms with E-state index in [9.17, 15) is 4.79 Å². The second-order valence-electron chi connectivity index (χ2n) is 5.19. The van der Waals surface area contributed by atoms with Crippen molar-refractivity contribution in [3.8, 4) is 0 Å². The first kappa shape index (κ1) is 14.5. The Morgan fingerprint density at radius 2 is 1.95 bits per heavy atom. The molecule has 0 aliphatic carbocycles. The highest BCUT2D eigenvalue weighted by Gasteiger charge is 2.18. The summed E-state index contributed by atoms with van der Waals surface area (Å²) in [5, 5.41) is 0. The second-order valence-corrected chi connectivity index (χ2v) is 5.19. The third-order valence-electron chi connectivity index (χ3n) is 3.74. The number of anilines is 2. The number of hydrogen-bond acceptors (Lipinski definition) is 6. The van der Waals surface area contributed by atoms with Crippen molar-refractivity contribution in [2.75, 3.05) is 43.1 Å². The number of pyridine rings is 1. The maximum absolute atomic E-state index is 11.1. The number of nitrogens with one attached hydrogen (secondary N) is 1. The molecule has 1 fully saturated rings. The molecule has 116 valence electrons. The molecule has 1 aliphatic rings. The summed E-state index contributed by atoms with van der Waals surface area (Å²) in [4.78, 5) is 26.9. The number of nitrogens with zero attached hydrogens (tertiary/aromatic N) is 4. The summed E-state index contributed by atoms with van der Waals surface area (Å²) in [6.07, 6.45) is 3.34. The van der Waals surface area contributed by atoms with Gasteiger partial charge in [0.15, 0.2) is 0 Å². The van der Waals surface area contributed by atoms with E-state index in [0.717, 1.165) is 43.4 Å². The molecule has 1 aliphatic heterocycles. The van der Waals surface area contributed by atoms with Gasteiger partial charge < -0.3 is 19.5 Å². The van der Waals surface area contributed by atoms with Crippen LogP contribution in [0.5, 0.6) is 0 Å². The molecule has 2 aromatic rings. The summed E-state index contributed by atoms with van der Waals surface area (Å²) in [5.74, 6) is 0.933. The highest BCUT2D eigenvalue weighted by molar-refractivity contribution is 5.47. The number of H-pyrrole nitrogens is 1. The summed E-state index contributed by atoms with van der Waals surface area (Å²) in [5.41, 5.74) is 1.85. The van der Waals surface area contributed by atoms with Crippen molar-refractivity contribution in [1.82, 2.24) is 15.0 Å². The fraction of sp³-hybridized carbons (Fsp3) is 0.400. The summed E-state index contributed by atoms with van der Waals surface area (Å²) in [6.45, 7) is 4.02. The maximum Gasteiger partial charge on any atom is 0.248 e. The molecule has 1 saturated heterocycles. The van der Waals surface area contributed by atoms with Crippen LogP contribution in [0, 0.1) is 0 Å². The van der Waals surface area contributed by atoms with Gasteiger partial charge in [0, 0.05) is 51.6 Å². The lowest BCUT2D eigenvalue weighted by Gasteiger charge is -2.36. The third-order valence-corrected chi connectivity index (χ3v) is 3.74. The fourth-order valence-corrected chi connectivity index (χ4v) is 2.58. The average Bonchev–Trinajstić information content (AvgIpc) is 2.56. The number of rotatable bonds is 4. The van der Waals surface area contributed by atoms with Crippen LogP contribution in [0.15, 0.2) is 35.5 Å². The molecule has 0 amide bonds. The third kappa shape index (κ3) is 3.25. The first-order valence-electron chi connectivity index (χ1n) is 7.25. The largest absolute Gasteiger partial charge is 0.378 e. The van der Waals surface area contributed by atoms with E-state index in [-0.39, 0.29) is 5.56 Å². The van der Waals surface area contributed by atoms with Gasteiger partial charge in [-0.25, -0.2) is 9.97 Å². The molecular formula is C15H19N5O2. The minimum Gasteiger partial charge on any atom is -0.378 e. The Hall–Kier alpha value is -2.41. The van der Waals surface area contributed by atoms with Crippen molar-refractivity contribution >= 4 is 11.5 Å². The minimum atomic E-state index is -0.0750. The Morgan fingerprint density at radius 1 is 1.18 bits per heavy atom. The lowest BCUT2D eigenvalue weighted by molar-refractivity contribution is 0.181. The maximum atomic E-state index is 11.1. The van der Waals surface area contributed by atoms with E-state index >= 15 is 0 Å². The van der Waals surface area contributed by atoms with E-state index in [1.54, 1.807) is 25.7 Å². The van der Waals surface area contributed by atoms with Crippen LogP contribution >= 0.6 is 0 Å². The fourth-order valence-electron chi connectivity index (χ4n) is 2.58. The van der Waals surface area contributed by atoms with Crippen molar-refractivity contribution in [2.24, 2.45) is 0 Å². The topological polar surface area (TPSA) is 74.3 Å². The summed E-state index contributed by atoms with van der Waals surface area (Å²) >= 11 is 0. The number of hydrogen-bond donors (Lipinski definition) is 1. The zero-order valence-corrected chi connectivity index (χ0v) is 12.5. The molecule has 3 rings (SSSR count). The molecule has 0 radical (unpaired) electrons. The number of aromatic nitrogens is 3. The Morgan fingerprint density at radius 3 is 2.64 bits per heavy atom. The van der Waals surface area contributed by atoms with E-state index in [2.05, 4.69) is 24.8 Å². The van der Waals surface area contributed by atoms with Gasteiger partial charge in [-0.1, -0.05) is 0 Å². The van der Waals surface area contributed by atoms with E-state index in [0.29, 0.717) is 6.61 Å². The zero-order chi connectivity index (χ0) is 15.4. The summed E-state index contributed by atoms with van der Waals surface area (Å²) in [7, 11) is 1.66. The molecule has 0 saturated carbocycles. The smallest absolute Gasteiger partial charge is 0.248 e. The number of piperazine rings is 1.